The first kappa shape index (κ1) is 5.26. The summed E-state index contributed by atoms with van der Waals surface area (Å²) in [6.07, 6.45) is -1.44. The van der Waals surface area contributed by atoms with Crippen molar-refractivity contribution in [1.29, 1.82) is 0 Å². The van der Waals surface area contributed by atoms with Gasteiger partial charge in [-0.15, -0.1) is 0 Å². The Morgan fingerprint density at radius 1 is 1.62 bits per heavy atom. The van der Waals surface area contributed by atoms with E-state index in [1.165, 1.54) is 0 Å². The molecular weight excluding hydrogens is 131 g/mol. The number of ether oxygens (including phenoxy) is 2. The number of hydrogen-bond donors (Lipinski definition) is 0. The largest absolute Gasteiger partial charge is 0.516 e. The van der Waals surface area contributed by atoms with E-state index in [9.17, 15) is 4.79 Å². The summed E-state index contributed by atoms with van der Waals surface area (Å²) < 4.78 is 8.52. The van der Waals surface area contributed by atoms with Crippen molar-refractivity contribution in [2.24, 2.45) is 0 Å². The van der Waals surface area contributed by atoms with Gasteiger partial charge in [0.05, 0.1) is 0 Å². The molecule has 1 saturated heterocycles. The Morgan fingerprint density at radius 3 is 2.62 bits per heavy atom. The molecule has 0 amide bonds. The number of halogens is 1. The first-order valence-corrected chi connectivity index (χ1v) is 2.19. The van der Waals surface area contributed by atoms with Crippen LogP contribution in [0.2, 0.25) is 0 Å². The predicted octanol–water partition coefficient (Wildman–Crippen LogP) is 0.679. The van der Waals surface area contributed by atoms with Gasteiger partial charge in [0, 0.05) is 11.3 Å². The highest BCUT2D eigenvalue weighted by Gasteiger charge is 2.27. The maximum atomic E-state index is 9.83. The molecule has 0 atom stereocenters. The Kier molecular flexibility index (Phi) is 1.27. The molecule has 1 rings (SSSR count). The topological polar surface area (TPSA) is 35.5 Å². The molecule has 1 aliphatic rings. The van der Waals surface area contributed by atoms with Crippen LogP contribution < -0.4 is 0 Å². The first-order valence-electron chi connectivity index (χ1n) is 1.81. The number of rotatable bonds is 0. The minimum Gasteiger partial charge on any atom is -0.381 e. The van der Waals surface area contributed by atoms with Gasteiger partial charge in [-0.05, 0) is 11.6 Å². The summed E-state index contributed by atoms with van der Waals surface area (Å²) in [5.41, 5.74) is 0. The lowest BCUT2D eigenvalue weighted by Crippen LogP contribution is -2.33. The highest BCUT2D eigenvalue weighted by Crippen LogP contribution is 2.07. The molecule has 0 aromatic carbocycles. The summed E-state index contributed by atoms with van der Waals surface area (Å²) >= 11 is 4.92. The third kappa shape index (κ3) is 0.849. The van der Waals surface area contributed by atoms with Crippen LogP contribution in [0.25, 0.3) is 0 Å². The molecule has 0 aromatic rings. The Labute approximate surface area is 50.5 Å². The van der Waals surface area contributed by atoms with Crippen molar-refractivity contribution in [3.63, 3.8) is 0 Å². The lowest BCUT2D eigenvalue weighted by molar-refractivity contribution is -0.148. The van der Waals surface area contributed by atoms with Gasteiger partial charge in [-0.2, -0.15) is 0 Å². The van der Waals surface area contributed by atoms with Crippen LogP contribution in [0.15, 0.2) is 0 Å². The second kappa shape index (κ2) is 1.93. The van der Waals surface area contributed by atoms with E-state index >= 15 is 0 Å². The molecule has 0 unspecified atom stereocenters. The highest BCUT2D eigenvalue weighted by molar-refractivity contribution is 6.30. The Morgan fingerprint density at radius 2 is 2.25 bits per heavy atom. The van der Waals surface area contributed by atoms with Gasteiger partial charge < -0.3 is 9.47 Å². The second-order valence-electron chi connectivity index (χ2n) is 1.06. The molecule has 1 heterocycles. The number of cyclic esters (lactones) is 2. The van der Waals surface area contributed by atoms with Crippen LogP contribution in [0, 0.1) is 11.3 Å². The molecule has 1 aliphatic heterocycles. The van der Waals surface area contributed by atoms with E-state index in [1.54, 1.807) is 0 Å². The van der Waals surface area contributed by atoms with Gasteiger partial charge in [0.15, 0.2) is 0 Å². The maximum Gasteiger partial charge on any atom is 0.516 e. The van der Waals surface area contributed by atoms with Gasteiger partial charge in [0.25, 0.3) is 0 Å². The second-order valence-corrected chi connectivity index (χ2v) is 1.25. The number of carbonyl (C=O) groups excluding carboxylic acids is 1. The third-order valence-corrected chi connectivity index (χ3v) is 0.688. The standard InChI is InChI=1S/C4HClO3/c5-2-1-3-7-4(6)8-3/h3H. The minimum absolute atomic E-state index is 0.700. The zero-order valence-corrected chi connectivity index (χ0v) is 4.44. The molecule has 0 N–H and O–H groups in total. The molecule has 0 saturated carbocycles. The van der Waals surface area contributed by atoms with Crippen molar-refractivity contribution in [2.45, 2.75) is 6.29 Å². The molecule has 0 radical (unpaired) electrons. The zero-order chi connectivity index (χ0) is 5.98. The van der Waals surface area contributed by atoms with Gasteiger partial charge in [-0.3, -0.25) is 0 Å². The van der Waals surface area contributed by atoms with E-state index in [4.69, 9.17) is 11.6 Å². The molecule has 42 valence electrons. The van der Waals surface area contributed by atoms with E-state index in [0.29, 0.717) is 0 Å². The van der Waals surface area contributed by atoms with Crippen molar-refractivity contribution in [3.8, 4) is 11.3 Å². The number of hydrogen-bond acceptors (Lipinski definition) is 3. The summed E-state index contributed by atoms with van der Waals surface area (Å²) in [6, 6.07) is 0. The predicted molar refractivity (Wildman–Crippen MR) is 25.0 cm³/mol. The lowest BCUT2D eigenvalue weighted by Gasteiger charge is -2.19. The average molecular weight is 133 g/mol. The van der Waals surface area contributed by atoms with Gasteiger partial charge in [-0.1, -0.05) is 0 Å². The van der Waals surface area contributed by atoms with Crippen molar-refractivity contribution in [1.82, 2.24) is 0 Å². The van der Waals surface area contributed by atoms with Crippen LogP contribution >= 0.6 is 11.6 Å². The first-order chi connectivity index (χ1) is 3.83. The summed E-state index contributed by atoms with van der Waals surface area (Å²) in [6.45, 7) is 0. The van der Waals surface area contributed by atoms with E-state index in [2.05, 4.69) is 15.4 Å². The van der Waals surface area contributed by atoms with Crippen molar-refractivity contribution in [2.75, 3.05) is 0 Å². The molecule has 1 fully saturated rings. The van der Waals surface area contributed by atoms with E-state index in [0.717, 1.165) is 0 Å². The summed E-state index contributed by atoms with van der Waals surface area (Å²) in [5, 5.41) is 2.01. The van der Waals surface area contributed by atoms with Crippen LogP contribution in [0.1, 0.15) is 0 Å². The molecular formula is C4HClO3. The molecule has 0 spiro atoms. The van der Waals surface area contributed by atoms with E-state index in [1.807, 2.05) is 5.38 Å². The quantitative estimate of drug-likeness (QED) is 0.359. The fourth-order valence-electron chi connectivity index (χ4n) is 0.287. The van der Waals surface area contributed by atoms with E-state index < -0.39 is 12.4 Å². The Hall–Kier alpha value is -0.880. The van der Waals surface area contributed by atoms with Crippen molar-refractivity contribution < 1.29 is 14.3 Å². The third-order valence-electron chi connectivity index (χ3n) is 0.579. The lowest BCUT2D eigenvalue weighted by atomic mass is 10.6. The normalized spacial score (nSPS) is 16.9. The minimum atomic E-state index is -0.736. The van der Waals surface area contributed by atoms with Gasteiger partial charge in [0.2, 0.25) is 0 Å². The van der Waals surface area contributed by atoms with Gasteiger partial charge >= 0.3 is 12.4 Å². The van der Waals surface area contributed by atoms with Crippen LogP contribution in [0.4, 0.5) is 4.79 Å². The van der Waals surface area contributed by atoms with Gasteiger partial charge in [0.1, 0.15) is 0 Å². The molecule has 0 aliphatic carbocycles. The number of carbonyl (C=O) groups is 1. The Balaban J connectivity index is 2.32. The van der Waals surface area contributed by atoms with Crippen molar-refractivity contribution >= 4 is 17.8 Å². The summed E-state index contributed by atoms with van der Waals surface area (Å²) in [7, 11) is 0. The molecule has 3 nitrogen and oxygen atoms in total. The SMILES string of the molecule is O=C1OC(C#CCl)O1. The van der Waals surface area contributed by atoms with E-state index in [-0.39, 0.29) is 0 Å². The smallest absolute Gasteiger partial charge is 0.381 e. The summed E-state index contributed by atoms with van der Waals surface area (Å²) in [5.74, 6) is 2.26. The molecule has 4 heteroatoms. The average Bonchev–Trinajstić information content (AvgIpc) is 1.64. The maximum absolute atomic E-state index is 9.83. The summed E-state index contributed by atoms with van der Waals surface area (Å²) in [4.78, 5) is 9.83. The Bertz CT molecular complexity index is 158. The molecule has 0 aromatic heterocycles. The molecule has 8 heavy (non-hydrogen) atoms. The van der Waals surface area contributed by atoms with Crippen molar-refractivity contribution in [3.05, 3.63) is 0 Å². The van der Waals surface area contributed by atoms with Crippen LogP contribution in [0.5, 0.6) is 0 Å². The van der Waals surface area contributed by atoms with Crippen LogP contribution in [-0.2, 0) is 9.47 Å². The highest BCUT2D eigenvalue weighted by atomic mass is 35.5. The monoisotopic (exact) mass is 132 g/mol. The van der Waals surface area contributed by atoms with Crippen LogP contribution in [-0.4, -0.2) is 12.4 Å². The molecule has 0 bridgehead atoms. The van der Waals surface area contributed by atoms with Crippen LogP contribution in [0.3, 0.4) is 0 Å². The van der Waals surface area contributed by atoms with Gasteiger partial charge in [-0.25, -0.2) is 4.79 Å². The fraction of sp³-hybridized carbons (Fsp3) is 0.250. The zero-order valence-electron chi connectivity index (χ0n) is 3.68. The fourth-order valence-corrected chi connectivity index (χ4v) is 0.376.